The quantitative estimate of drug-likeness (QED) is 0.681. The third-order valence-electron chi connectivity index (χ3n) is 3.63. The molecular weight excluding hydrogens is 364 g/mol. The molecule has 0 spiro atoms. The Morgan fingerprint density at radius 1 is 1.19 bits per heavy atom. The third-order valence-corrected chi connectivity index (χ3v) is 4.39. The molecule has 2 N–H and O–H groups in total. The Labute approximate surface area is 160 Å². The van der Waals surface area contributed by atoms with E-state index in [4.69, 9.17) is 4.74 Å². The predicted molar refractivity (Wildman–Crippen MR) is 103 cm³/mol. The van der Waals surface area contributed by atoms with Crippen LogP contribution in [-0.2, 0) is 16.1 Å². The van der Waals surface area contributed by atoms with Crippen LogP contribution in [0.25, 0.3) is 11.3 Å². The van der Waals surface area contributed by atoms with Crippen molar-refractivity contribution in [3.05, 3.63) is 65.8 Å². The van der Waals surface area contributed by atoms with Crippen molar-refractivity contribution in [2.24, 2.45) is 0 Å². The molecule has 2 amide bonds. The average Bonchev–Trinajstić information content (AvgIpc) is 3.16. The fourth-order valence-electron chi connectivity index (χ4n) is 2.20. The summed E-state index contributed by atoms with van der Waals surface area (Å²) in [6, 6.07) is 12.3. The zero-order valence-corrected chi connectivity index (χ0v) is 15.4. The van der Waals surface area contributed by atoms with E-state index in [0.29, 0.717) is 5.13 Å². The van der Waals surface area contributed by atoms with Gasteiger partial charge in [0.05, 0.1) is 5.69 Å². The number of alkyl carbamates (subject to hydrolysis) is 1. The van der Waals surface area contributed by atoms with E-state index < -0.39 is 12.1 Å². The number of ether oxygens (including phenoxy) is 1. The molecule has 8 heteroatoms. The lowest BCUT2D eigenvalue weighted by atomic mass is 10.2. The molecule has 0 saturated heterocycles. The molecule has 3 rings (SSSR count). The van der Waals surface area contributed by atoms with Gasteiger partial charge in [0.25, 0.3) is 0 Å². The van der Waals surface area contributed by atoms with Crippen molar-refractivity contribution < 1.29 is 14.3 Å². The Bertz CT molecular complexity index is 900. The summed E-state index contributed by atoms with van der Waals surface area (Å²) in [5.41, 5.74) is 2.46. The topological polar surface area (TPSA) is 93.2 Å². The molecule has 3 aromatic rings. The number of rotatable bonds is 6. The summed E-state index contributed by atoms with van der Waals surface area (Å²) in [5.74, 6) is -0.376. The van der Waals surface area contributed by atoms with E-state index in [1.54, 1.807) is 19.3 Å². The SMILES string of the molecule is C[C@H](NC(=O)OCc1ccccc1)C(=O)Nc1nc(-c2cccnc2)cs1. The van der Waals surface area contributed by atoms with Crippen LogP contribution in [0.2, 0.25) is 0 Å². The summed E-state index contributed by atoms with van der Waals surface area (Å²) < 4.78 is 5.11. The number of benzene rings is 1. The summed E-state index contributed by atoms with van der Waals surface area (Å²) in [4.78, 5) is 32.5. The second-order valence-corrected chi connectivity index (χ2v) is 6.55. The van der Waals surface area contributed by atoms with E-state index in [9.17, 15) is 9.59 Å². The van der Waals surface area contributed by atoms with E-state index in [1.807, 2.05) is 47.8 Å². The number of amides is 2. The van der Waals surface area contributed by atoms with Crippen molar-refractivity contribution in [1.82, 2.24) is 15.3 Å². The molecule has 1 atom stereocenters. The molecule has 0 aliphatic rings. The lowest BCUT2D eigenvalue weighted by Gasteiger charge is -2.13. The summed E-state index contributed by atoms with van der Waals surface area (Å²) in [7, 11) is 0. The number of hydrogen-bond donors (Lipinski definition) is 2. The summed E-state index contributed by atoms with van der Waals surface area (Å²) in [6.45, 7) is 1.72. The predicted octanol–water partition coefficient (Wildman–Crippen LogP) is 3.46. The van der Waals surface area contributed by atoms with Crippen LogP contribution in [-0.4, -0.2) is 28.0 Å². The molecular formula is C19H18N4O3S. The van der Waals surface area contributed by atoms with E-state index in [2.05, 4.69) is 20.6 Å². The third kappa shape index (κ3) is 5.35. The van der Waals surface area contributed by atoms with E-state index in [1.165, 1.54) is 11.3 Å². The molecule has 2 heterocycles. The molecule has 2 aromatic heterocycles. The standard InChI is InChI=1S/C19H18N4O3S/c1-13(21-19(25)26-11-14-6-3-2-4-7-14)17(24)23-18-22-16(12-27-18)15-8-5-9-20-10-15/h2-10,12-13H,11H2,1H3,(H,21,25)(H,22,23,24)/t13-/m0/s1. The Hall–Kier alpha value is -3.26. The smallest absolute Gasteiger partial charge is 0.408 e. The number of hydrogen-bond acceptors (Lipinski definition) is 6. The number of anilines is 1. The number of carbonyl (C=O) groups excluding carboxylic acids is 2. The number of aromatic nitrogens is 2. The fraction of sp³-hybridized carbons (Fsp3) is 0.158. The van der Waals surface area contributed by atoms with Crippen LogP contribution in [0.1, 0.15) is 12.5 Å². The highest BCUT2D eigenvalue weighted by Gasteiger charge is 2.18. The zero-order valence-electron chi connectivity index (χ0n) is 14.6. The summed E-state index contributed by atoms with van der Waals surface area (Å²) in [6.07, 6.45) is 2.73. The number of thiazole rings is 1. The van der Waals surface area contributed by atoms with E-state index in [0.717, 1.165) is 16.8 Å². The maximum absolute atomic E-state index is 12.2. The second-order valence-electron chi connectivity index (χ2n) is 5.70. The molecule has 0 fully saturated rings. The Kier molecular flexibility index (Phi) is 6.11. The van der Waals surface area contributed by atoms with Gasteiger partial charge in [0.15, 0.2) is 5.13 Å². The van der Waals surface area contributed by atoms with Gasteiger partial charge in [-0.1, -0.05) is 30.3 Å². The molecule has 27 heavy (non-hydrogen) atoms. The first-order chi connectivity index (χ1) is 13.1. The van der Waals surface area contributed by atoms with Crippen molar-refractivity contribution in [2.45, 2.75) is 19.6 Å². The summed E-state index contributed by atoms with van der Waals surface area (Å²) >= 11 is 1.30. The molecule has 138 valence electrons. The van der Waals surface area contributed by atoms with Gasteiger partial charge >= 0.3 is 6.09 Å². The van der Waals surface area contributed by atoms with Gasteiger partial charge in [-0.3, -0.25) is 9.78 Å². The number of nitrogens with one attached hydrogen (secondary N) is 2. The maximum Gasteiger partial charge on any atom is 0.408 e. The summed E-state index contributed by atoms with van der Waals surface area (Å²) in [5, 5.41) is 7.47. The van der Waals surface area contributed by atoms with E-state index in [-0.39, 0.29) is 12.5 Å². The normalized spacial score (nSPS) is 11.4. The molecule has 0 aliphatic carbocycles. The van der Waals surface area contributed by atoms with Crippen LogP contribution in [0.3, 0.4) is 0 Å². The highest BCUT2D eigenvalue weighted by molar-refractivity contribution is 7.14. The molecule has 0 aliphatic heterocycles. The zero-order chi connectivity index (χ0) is 19.1. The fourth-order valence-corrected chi connectivity index (χ4v) is 2.92. The molecule has 0 bridgehead atoms. The van der Waals surface area contributed by atoms with Crippen molar-refractivity contribution in [3.63, 3.8) is 0 Å². The van der Waals surface area contributed by atoms with Crippen molar-refractivity contribution in [3.8, 4) is 11.3 Å². The number of carbonyl (C=O) groups is 2. The Morgan fingerprint density at radius 3 is 2.74 bits per heavy atom. The van der Waals surface area contributed by atoms with Gasteiger partial charge in [0.2, 0.25) is 5.91 Å². The van der Waals surface area contributed by atoms with Crippen molar-refractivity contribution in [1.29, 1.82) is 0 Å². The van der Waals surface area contributed by atoms with Gasteiger partial charge in [-0.2, -0.15) is 0 Å². The van der Waals surface area contributed by atoms with Crippen molar-refractivity contribution in [2.75, 3.05) is 5.32 Å². The van der Waals surface area contributed by atoms with Gasteiger partial charge in [0, 0.05) is 23.3 Å². The maximum atomic E-state index is 12.2. The van der Waals surface area contributed by atoms with Crippen molar-refractivity contribution >= 4 is 28.5 Å². The molecule has 1 aromatic carbocycles. The van der Waals surface area contributed by atoms with Gasteiger partial charge in [-0.15, -0.1) is 11.3 Å². The Balaban J connectivity index is 1.49. The van der Waals surface area contributed by atoms with E-state index >= 15 is 0 Å². The highest BCUT2D eigenvalue weighted by atomic mass is 32.1. The average molecular weight is 382 g/mol. The van der Waals surface area contributed by atoms with Gasteiger partial charge < -0.3 is 15.4 Å². The molecule has 0 radical (unpaired) electrons. The number of nitrogens with zero attached hydrogens (tertiary/aromatic N) is 2. The first-order valence-corrected chi connectivity index (χ1v) is 9.14. The number of pyridine rings is 1. The highest BCUT2D eigenvalue weighted by Crippen LogP contribution is 2.24. The lowest BCUT2D eigenvalue weighted by molar-refractivity contribution is -0.117. The lowest BCUT2D eigenvalue weighted by Crippen LogP contribution is -2.41. The van der Waals surface area contributed by atoms with Crippen LogP contribution in [0.5, 0.6) is 0 Å². The van der Waals surface area contributed by atoms with Crippen LogP contribution in [0.15, 0.2) is 60.2 Å². The minimum atomic E-state index is -0.765. The minimum Gasteiger partial charge on any atom is -0.445 e. The van der Waals surface area contributed by atoms with Crippen LogP contribution >= 0.6 is 11.3 Å². The monoisotopic (exact) mass is 382 g/mol. The van der Waals surface area contributed by atoms with Gasteiger partial charge in [-0.05, 0) is 24.6 Å². The second kappa shape index (κ2) is 8.91. The molecule has 7 nitrogen and oxygen atoms in total. The first-order valence-electron chi connectivity index (χ1n) is 8.26. The molecule has 0 saturated carbocycles. The van der Waals surface area contributed by atoms with Gasteiger partial charge in [-0.25, -0.2) is 9.78 Å². The van der Waals surface area contributed by atoms with Crippen LogP contribution in [0.4, 0.5) is 9.93 Å². The van der Waals surface area contributed by atoms with Crippen LogP contribution < -0.4 is 10.6 Å². The van der Waals surface area contributed by atoms with Gasteiger partial charge in [0.1, 0.15) is 12.6 Å². The largest absolute Gasteiger partial charge is 0.445 e. The minimum absolute atomic E-state index is 0.141. The Morgan fingerprint density at radius 2 is 2.00 bits per heavy atom. The first kappa shape index (κ1) is 18.5. The van der Waals surface area contributed by atoms with Crippen LogP contribution in [0, 0.1) is 0 Å². The molecule has 0 unspecified atom stereocenters.